The third-order valence-electron chi connectivity index (χ3n) is 2.79. The van der Waals surface area contributed by atoms with Crippen LogP contribution in [0.15, 0.2) is 47.4 Å². The Labute approximate surface area is 122 Å². The average Bonchev–Trinajstić information content (AvgIpc) is 2.40. The van der Waals surface area contributed by atoms with Crippen molar-refractivity contribution >= 4 is 21.4 Å². The first-order valence-corrected chi connectivity index (χ1v) is 7.84. The van der Waals surface area contributed by atoms with Gasteiger partial charge in [0.1, 0.15) is 5.75 Å². The number of sulfone groups is 1. The zero-order chi connectivity index (χ0) is 15.6. The first kappa shape index (κ1) is 14.9. The highest BCUT2D eigenvalue weighted by molar-refractivity contribution is 7.90. The molecule has 0 aliphatic carbocycles. The van der Waals surface area contributed by atoms with Crippen LogP contribution in [0.25, 0.3) is 0 Å². The molecule has 21 heavy (non-hydrogen) atoms. The van der Waals surface area contributed by atoms with E-state index in [1.165, 1.54) is 18.2 Å². The molecule has 0 spiro atoms. The Morgan fingerprint density at radius 3 is 2.43 bits per heavy atom. The summed E-state index contributed by atoms with van der Waals surface area (Å²) in [5.74, 6) is -0.133. The van der Waals surface area contributed by atoms with E-state index in [1.807, 2.05) is 0 Å². The number of anilines is 1. The van der Waals surface area contributed by atoms with E-state index < -0.39 is 15.7 Å². The fourth-order valence-electron chi connectivity index (χ4n) is 1.74. The molecule has 110 valence electrons. The molecule has 0 aliphatic heterocycles. The van der Waals surface area contributed by atoms with Crippen molar-refractivity contribution in [1.29, 1.82) is 0 Å². The van der Waals surface area contributed by atoms with E-state index in [0.29, 0.717) is 5.75 Å². The van der Waals surface area contributed by atoms with Gasteiger partial charge in [-0.05, 0) is 30.3 Å². The molecule has 0 heterocycles. The molecule has 0 saturated heterocycles. The lowest BCUT2D eigenvalue weighted by atomic mass is 10.1. The quantitative estimate of drug-likeness (QED) is 0.832. The van der Waals surface area contributed by atoms with Crippen molar-refractivity contribution in [3.05, 3.63) is 48.0 Å². The number of hydrogen-bond acceptors (Lipinski definition) is 5. The van der Waals surface area contributed by atoms with Gasteiger partial charge in [0, 0.05) is 6.26 Å². The van der Waals surface area contributed by atoms with E-state index >= 15 is 0 Å². The molecule has 0 saturated carbocycles. The van der Waals surface area contributed by atoms with Gasteiger partial charge in [0.05, 0.1) is 16.1 Å². The minimum absolute atomic E-state index is 0.106. The van der Waals surface area contributed by atoms with E-state index in [1.54, 1.807) is 24.3 Å². The molecule has 1 amide bonds. The van der Waals surface area contributed by atoms with Crippen molar-refractivity contribution in [2.45, 2.75) is 4.90 Å². The molecule has 0 radical (unpaired) electrons. The highest BCUT2D eigenvalue weighted by atomic mass is 32.2. The minimum Gasteiger partial charge on any atom is -0.455 e. The first-order chi connectivity index (χ1) is 9.79. The highest BCUT2D eigenvalue weighted by Crippen LogP contribution is 2.30. The molecule has 0 bridgehead atoms. The SMILES string of the molecule is CS(=O)(=O)c1cccc(Oc2cccc(C(N)=O)c2N)c1. The summed E-state index contributed by atoms with van der Waals surface area (Å²) in [5.41, 5.74) is 11.3. The fraction of sp³-hybridized carbons (Fsp3) is 0.0714. The maximum Gasteiger partial charge on any atom is 0.250 e. The van der Waals surface area contributed by atoms with Crippen LogP contribution in [0, 0.1) is 0 Å². The van der Waals surface area contributed by atoms with Gasteiger partial charge in [-0.3, -0.25) is 4.79 Å². The summed E-state index contributed by atoms with van der Waals surface area (Å²) in [5, 5.41) is 0. The lowest BCUT2D eigenvalue weighted by Gasteiger charge is -2.11. The van der Waals surface area contributed by atoms with Gasteiger partial charge in [0.25, 0.3) is 5.91 Å². The molecule has 2 aromatic rings. The van der Waals surface area contributed by atoms with Crippen LogP contribution in [0.5, 0.6) is 11.5 Å². The number of primary amides is 1. The summed E-state index contributed by atoms with van der Waals surface area (Å²) in [6, 6.07) is 10.6. The first-order valence-electron chi connectivity index (χ1n) is 5.95. The molecular weight excluding hydrogens is 292 g/mol. The number of hydrogen-bond donors (Lipinski definition) is 2. The van der Waals surface area contributed by atoms with E-state index in [2.05, 4.69) is 0 Å². The summed E-state index contributed by atoms with van der Waals surface area (Å²) in [4.78, 5) is 11.3. The molecule has 6 nitrogen and oxygen atoms in total. The van der Waals surface area contributed by atoms with Gasteiger partial charge in [-0.15, -0.1) is 0 Å². The van der Waals surface area contributed by atoms with Gasteiger partial charge >= 0.3 is 0 Å². The van der Waals surface area contributed by atoms with Crippen LogP contribution in [0.1, 0.15) is 10.4 Å². The lowest BCUT2D eigenvalue weighted by Crippen LogP contribution is -2.13. The molecule has 0 fully saturated rings. The number of carbonyl (C=O) groups is 1. The normalized spacial score (nSPS) is 11.1. The second kappa shape index (κ2) is 5.45. The van der Waals surface area contributed by atoms with Crippen LogP contribution in [0.3, 0.4) is 0 Å². The average molecular weight is 306 g/mol. The molecule has 7 heteroatoms. The Balaban J connectivity index is 2.40. The van der Waals surface area contributed by atoms with Crippen molar-refractivity contribution < 1.29 is 17.9 Å². The van der Waals surface area contributed by atoms with Crippen molar-refractivity contribution in [1.82, 2.24) is 0 Å². The summed E-state index contributed by atoms with van der Waals surface area (Å²) in [7, 11) is -3.33. The number of amides is 1. The van der Waals surface area contributed by atoms with Crippen LogP contribution >= 0.6 is 0 Å². The van der Waals surface area contributed by atoms with E-state index in [9.17, 15) is 13.2 Å². The van der Waals surface area contributed by atoms with E-state index in [4.69, 9.17) is 16.2 Å². The number of ether oxygens (including phenoxy) is 1. The smallest absolute Gasteiger partial charge is 0.250 e. The standard InChI is InChI=1S/C14H14N2O4S/c1-21(18,19)10-5-2-4-9(8-10)20-12-7-3-6-11(13(12)15)14(16)17/h2-8H,15H2,1H3,(H2,16,17). The molecule has 0 aromatic heterocycles. The van der Waals surface area contributed by atoms with Crippen LogP contribution in [0.4, 0.5) is 5.69 Å². The van der Waals surface area contributed by atoms with Gasteiger partial charge in [0.15, 0.2) is 15.6 Å². The maximum absolute atomic E-state index is 11.5. The predicted molar refractivity (Wildman–Crippen MR) is 79.0 cm³/mol. The number of benzene rings is 2. The van der Waals surface area contributed by atoms with Crippen molar-refractivity contribution in [3.8, 4) is 11.5 Å². The summed E-state index contributed by atoms with van der Waals surface area (Å²) in [6.07, 6.45) is 1.11. The van der Waals surface area contributed by atoms with Crippen molar-refractivity contribution in [2.75, 3.05) is 12.0 Å². The van der Waals surface area contributed by atoms with Gasteiger partial charge in [0.2, 0.25) is 0 Å². The van der Waals surface area contributed by atoms with Crippen LogP contribution in [0.2, 0.25) is 0 Å². The lowest BCUT2D eigenvalue weighted by molar-refractivity contribution is 0.100. The van der Waals surface area contributed by atoms with Gasteiger partial charge < -0.3 is 16.2 Å². The van der Waals surface area contributed by atoms with Crippen LogP contribution in [-0.4, -0.2) is 20.6 Å². The zero-order valence-electron chi connectivity index (χ0n) is 11.2. The number of para-hydroxylation sites is 1. The number of nitrogen functional groups attached to an aromatic ring is 1. The second-order valence-electron chi connectivity index (χ2n) is 4.43. The molecule has 2 aromatic carbocycles. The fourth-order valence-corrected chi connectivity index (χ4v) is 2.40. The van der Waals surface area contributed by atoms with Gasteiger partial charge in [-0.1, -0.05) is 12.1 Å². The molecule has 0 unspecified atom stereocenters. The second-order valence-corrected chi connectivity index (χ2v) is 6.45. The van der Waals surface area contributed by atoms with Crippen molar-refractivity contribution in [3.63, 3.8) is 0 Å². The molecule has 2 rings (SSSR count). The largest absolute Gasteiger partial charge is 0.455 e. The Morgan fingerprint density at radius 1 is 1.14 bits per heavy atom. The Kier molecular flexibility index (Phi) is 3.86. The Bertz CT molecular complexity index is 800. The minimum atomic E-state index is -3.33. The zero-order valence-corrected chi connectivity index (χ0v) is 12.1. The van der Waals surface area contributed by atoms with Crippen LogP contribution in [-0.2, 0) is 9.84 Å². The Morgan fingerprint density at radius 2 is 1.81 bits per heavy atom. The number of carbonyl (C=O) groups excluding carboxylic acids is 1. The van der Waals surface area contributed by atoms with Crippen LogP contribution < -0.4 is 16.2 Å². The van der Waals surface area contributed by atoms with Crippen molar-refractivity contribution in [2.24, 2.45) is 5.73 Å². The number of nitrogens with two attached hydrogens (primary N) is 2. The number of rotatable bonds is 4. The third kappa shape index (κ3) is 3.32. The summed E-state index contributed by atoms with van der Waals surface area (Å²) in [6.45, 7) is 0. The maximum atomic E-state index is 11.5. The van der Waals surface area contributed by atoms with Gasteiger partial charge in [-0.25, -0.2) is 8.42 Å². The highest BCUT2D eigenvalue weighted by Gasteiger charge is 2.12. The molecule has 0 atom stereocenters. The molecule has 4 N–H and O–H groups in total. The van der Waals surface area contributed by atoms with E-state index in [0.717, 1.165) is 6.26 Å². The monoisotopic (exact) mass is 306 g/mol. The van der Waals surface area contributed by atoms with Gasteiger partial charge in [-0.2, -0.15) is 0 Å². The van der Waals surface area contributed by atoms with E-state index in [-0.39, 0.29) is 21.9 Å². The topological polar surface area (TPSA) is 112 Å². The summed E-state index contributed by atoms with van der Waals surface area (Å²) >= 11 is 0. The molecule has 0 aliphatic rings. The Hall–Kier alpha value is -2.54. The predicted octanol–water partition coefficient (Wildman–Crippen LogP) is 1.56. The third-order valence-corrected chi connectivity index (χ3v) is 3.90. The molecular formula is C14H14N2O4S. The summed E-state index contributed by atoms with van der Waals surface area (Å²) < 4.78 is 28.6.